The lowest BCUT2D eigenvalue weighted by molar-refractivity contribution is 0.102. The molecule has 4 rings (SSSR count). The summed E-state index contributed by atoms with van der Waals surface area (Å²) >= 11 is 0. The third-order valence-electron chi connectivity index (χ3n) is 4.09. The highest BCUT2D eigenvalue weighted by atomic mass is 19.1. The van der Waals surface area contributed by atoms with Crippen LogP contribution >= 0.6 is 0 Å². The first-order valence-electron chi connectivity index (χ1n) is 8.69. The number of halogens is 1. The lowest BCUT2D eigenvalue weighted by Gasteiger charge is -2.19. The fraction of sp³-hybridized carbons (Fsp3) is 0.150. The Morgan fingerprint density at radius 2 is 1.79 bits per heavy atom. The summed E-state index contributed by atoms with van der Waals surface area (Å²) in [6.45, 7) is 1.42. The SMILES string of the molecule is O=C(Nc1ccc2c(c1)OCCO2)c1cc(NCc2ccc(F)cc2)ncn1. The van der Waals surface area contributed by atoms with E-state index < -0.39 is 0 Å². The number of hydrogen-bond acceptors (Lipinski definition) is 6. The minimum Gasteiger partial charge on any atom is -0.486 e. The summed E-state index contributed by atoms with van der Waals surface area (Å²) in [5.41, 5.74) is 1.68. The predicted molar refractivity (Wildman–Crippen MR) is 101 cm³/mol. The van der Waals surface area contributed by atoms with Crippen molar-refractivity contribution in [3.63, 3.8) is 0 Å². The van der Waals surface area contributed by atoms with Crippen LogP contribution in [0.1, 0.15) is 16.1 Å². The highest BCUT2D eigenvalue weighted by Crippen LogP contribution is 2.32. The van der Waals surface area contributed by atoms with E-state index in [2.05, 4.69) is 20.6 Å². The summed E-state index contributed by atoms with van der Waals surface area (Å²) in [5, 5.41) is 5.87. The van der Waals surface area contributed by atoms with Gasteiger partial charge in [0.1, 0.15) is 36.9 Å². The number of benzene rings is 2. The molecule has 0 unspecified atom stereocenters. The van der Waals surface area contributed by atoms with Crippen molar-refractivity contribution in [2.24, 2.45) is 0 Å². The number of nitrogens with one attached hydrogen (secondary N) is 2. The maximum Gasteiger partial charge on any atom is 0.274 e. The summed E-state index contributed by atoms with van der Waals surface area (Å²) in [7, 11) is 0. The molecule has 0 saturated carbocycles. The molecule has 1 aromatic heterocycles. The molecule has 28 heavy (non-hydrogen) atoms. The van der Waals surface area contributed by atoms with Crippen LogP contribution < -0.4 is 20.1 Å². The zero-order valence-electron chi connectivity index (χ0n) is 14.8. The second kappa shape index (κ2) is 7.91. The Labute approximate surface area is 160 Å². The molecule has 142 valence electrons. The Bertz CT molecular complexity index is 995. The number of aromatic nitrogens is 2. The molecule has 0 aliphatic carbocycles. The quantitative estimate of drug-likeness (QED) is 0.707. The van der Waals surface area contributed by atoms with Gasteiger partial charge in [0.05, 0.1) is 0 Å². The van der Waals surface area contributed by atoms with Crippen LogP contribution in [0.5, 0.6) is 11.5 Å². The third kappa shape index (κ3) is 4.17. The average Bonchev–Trinajstić information content (AvgIpc) is 2.73. The Kier molecular flexibility index (Phi) is 5.01. The van der Waals surface area contributed by atoms with Gasteiger partial charge < -0.3 is 20.1 Å². The maximum absolute atomic E-state index is 13.0. The van der Waals surface area contributed by atoms with Crippen LogP contribution in [0.4, 0.5) is 15.9 Å². The maximum atomic E-state index is 13.0. The molecule has 1 aliphatic heterocycles. The molecule has 2 N–H and O–H groups in total. The van der Waals surface area contributed by atoms with Crippen LogP contribution in [0.3, 0.4) is 0 Å². The van der Waals surface area contributed by atoms with Crippen molar-refractivity contribution >= 4 is 17.4 Å². The zero-order chi connectivity index (χ0) is 19.3. The fourth-order valence-corrected chi connectivity index (χ4v) is 2.69. The summed E-state index contributed by atoms with van der Waals surface area (Å²) in [5.74, 6) is 1.08. The van der Waals surface area contributed by atoms with Gasteiger partial charge >= 0.3 is 0 Å². The Hall–Kier alpha value is -3.68. The first-order valence-corrected chi connectivity index (χ1v) is 8.69. The van der Waals surface area contributed by atoms with E-state index in [0.29, 0.717) is 42.8 Å². The van der Waals surface area contributed by atoms with Crippen LogP contribution in [0.25, 0.3) is 0 Å². The van der Waals surface area contributed by atoms with Crippen molar-refractivity contribution in [2.75, 3.05) is 23.8 Å². The fourth-order valence-electron chi connectivity index (χ4n) is 2.69. The molecular formula is C20H17FN4O3. The molecule has 7 nitrogen and oxygen atoms in total. The van der Waals surface area contributed by atoms with Crippen molar-refractivity contribution in [3.05, 3.63) is 71.9 Å². The van der Waals surface area contributed by atoms with Crippen molar-refractivity contribution in [3.8, 4) is 11.5 Å². The van der Waals surface area contributed by atoms with E-state index in [1.807, 2.05) is 0 Å². The van der Waals surface area contributed by atoms with Gasteiger partial charge in [-0.05, 0) is 29.8 Å². The van der Waals surface area contributed by atoms with Gasteiger partial charge in [-0.25, -0.2) is 14.4 Å². The molecule has 2 aromatic carbocycles. The molecule has 1 amide bonds. The largest absolute Gasteiger partial charge is 0.486 e. The predicted octanol–water partition coefficient (Wildman–Crippen LogP) is 3.25. The molecule has 0 fully saturated rings. The number of rotatable bonds is 5. The van der Waals surface area contributed by atoms with E-state index in [1.54, 1.807) is 36.4 Å². The van der Waals surface area contributed by atoms with Gasteiger partial charge in [0.2, 0.25) is 0 Å². The summed E-state index contributed by atoms with van der Waals surface area (Å²) in [4.78, 5) is 20.6. The van der Waals surface area contributed by atoms with Crippen LogP contribution in [0, 0.1) is 5.82 Å². The Balaban J connectivity index is 1.42. The molecule has 1 aliphatic rings. The highest BCUT2D eigenvalue weighted by molar-refractivity contribution is 6.03. The average molecular weight is 380 g/mol. The third-order valence-corrected chi connectivity index (χ3v) is 4.09. The van der Waals surface area contributed by atoms with Crippen LogP contribution in [0.2, 0.25) is 0 Å². The zero-order valence-corrected chi connectivity index (χ0v) is 14.8. The first-order chi connectivity index (χ1) is 13.7. The lowest BCUT2D eigenvalue weighted by atomic mass is 10.2. The highest BCUT2D eigenvalue weighted by Gasteiger charge is 2.14. The molecule has 0 saturated heterocycles. The standard InChI is InChI=1S/C20H17FN4O3/c21-14-3-1-13(2-4-14)11-22-19-10-16(23-12-24-19)20(26)25-15-5-6-17-18(9-15)28-8-7-27-17/h1-6,9-10,12H,7-8,11H2,(H,25,26)(H,22,23,24). The van der Waals surface area contributed by atoms with E-state index >= 15 is 0 Å². The van der Waals surface area contributed by atoms with E-state index in [9.17, 15) is 9.18 Å². The number of ether oxygens (including phenoxy) is 2. The van der Waals surface area contributed by atoms with Gasteiger partial charge in [-0.3, -0.25) is 4.79 Å². The van der Waals surface area contributed by atoms with Crippen LogP contribution in [-0.2, 0) is 6.54 Å². The van der Waals surface area contributed by atoms with Crippen molar-refractivity contribution in [1.82, 2.24) is 9.97 Å². The molecule has 3 aromatic rings. The minimum absolute atomic E-state index is 0.214. The number of nitrogens with zero attached hydrogens (tertiary/aromatic N) is 2. The van der Waals surface area contributed by atoms with Crippen LogP contribution in [-0.4, -0.2) is 29.1 Å². The summed E-state index contributed by atoms with van der Waals surface area (Å²) in [6.07, 6.45) is 1.31. The number of hydrogen-bond donors (Lipinski definition) is 2. The van der Waals surface area contributed by atoms with E-state index in [4.69, 9.17) is 9.47 Å². The van der Waals surface area contributed by atoms with E-state index in [1.165, 1.54) is 18.5 Å². The van der Waals surface area contributed by atoms with Crippen LogP contribution in [0.15, 0.2) is 54.9 Å². The van der Waals surface area contributed by atoms with E-state index in [0.717, 1.165) is 5.56 Å². The Morgan fingerprint density at radius 3 is 2.61 bits per heavy atom. The molecule has 0 radical (unpaired) electrons. The van der Waals surface area contributed by atoms with Gasteiger partial charge in [-0.1, -0.05) is 12.1 Å². The smallest absolute Gasteiger partial charge is 0.274 e. The van der Waals surface area contributed by atoms with E-state index in [-0.39, 0.29) is 17.4 Å². The minimum atomic E-state index is -0.371. The van der Waals surface area contributed by atoms with Gasteiger partial charge in [0.15, 0.2) is 11.5 Å². The van der Waals surface area contributed by atoms with Gasteiger partial charge in [0, 0.05) is 24.4 Å². The number of fused-ring (bicyclic) bond motifs is 1. The van der Waals surface area contributed by atoms with Gasteiger partial charge in [0.25, 0.3) is 5.91 Å². The second-order valence-corrected chi connectivity index (χ2v) is 6.08. The Morgan fingerprint density at radius 1 is 1.00 bits per heavy atom. The molecule has 0 atom stereocenters. The topological polar surface area (TPSA) is 85.4 Å². The second-order valence-electron chi connectivity index (χ2n) is 6.08. The molecule has 0 spiro atoms. The number of anilines is 2. The summed E-state index contributed by atoms with van der Waals surface area (Å²) < 4.78 is 23.9. The normalized spacial score (nSPS) is 12.3. The molecule has 2 heterocycles. The lowest BCUT2D eigenvalue weighted by Crippen LogP contribution is -2.17. The summed E-state index contributed by atoms with van der Waals surface area (Å²) in [6, 6.07) is 12.9. The molecular weight excluding hydrogens is 363 g/mol. The monoisotopic (exact) mass is 380 g/mol. The first kappa shape index (κ1) is 17.7. The number of carbonyl (C=O) groups excluding carboxylic acids is 1. The van der Waals surface area contributed by atoms with Crippen molar-refractivity contribution in [1.29, 1.82) is 0 Å². The van der Waals surface area contributed by atoms with Crippen molar-refractivity contribution < 1.29 is 18.7 Å². The van der Waals surface area contributed by atoms with Gasteiger partial charge in [-0.2, -0.15) is 0 Å². The van der Waals surface area contributed by atoms with Gasteiger partial charge in [-0.15, -0.1) is 0 Å². The molecule has 0 bridgehead atoms. The molecule has 8 heteroatoms. The number of amides is 1. The van der Waals surface area contributed by atoms with Crippen molar-refractivity contribution in [2.45, 2.75) is 6.54 Å². The number of carbonyl (C=O) groups is 1.